The van der Waals surface area contributed by atoms with Crippen LogP contribution in [0, 0.1) is 6.92 Å². The zero-order valence-electron chi connectivity index (χ0n) is 10.4. The fourth-order valence-corrected chi connectivity index (χ4v) is 1.21. The van der Waals surface area contributed by atoms with Gasteiger partial charge in [0, 0.05) is 5.69 Å². The second-order valence-electron chi connectivity index (χ2n) is 4.74. The van der Waals surface area contributed by atoms with Crippen LogP contribution < -0.4 is 5.32 Å². The van der Waals surface area contributed by atoms with E-state index in [2.05, 4.69) is 15.5 Å². The molecule has 0 aliphatic heterocycles. The van der Waals surface area contributed by atoms with Crippen LogP contribution in [0.1, 0.15) is 38.2 Å². The molecule has 6 nitrogen and oxygen atoms in total. The number of H-pyrrole nitrogens is 1. The van der Waals surface area contributed by atoms with Crippen LogP contribution in [0.5, 0.6) is 0 Å². The van der Waals surface area contributed by atoms with E-state index >= 15 is 0 Å². The van der Waals surface area contributed by atoms with Crippen LogP contribution in [0.2, 0.25) is 0 Å². The number of nitrogens with one attached hydrogen (secondary N) is 2. The van der Waals surface area contributed by atoms with Crippen LogP contribution in [0.15, 0.2) is 6.07 Å². The van der Waals surface area contributed by atoms with Crippen molar-refractivity contribution in [3.63, 3.8) is 0 Å². The smallest absolute Gasteiger partial charge is 0.408 e. The Bertz CT molecular complexity index is 406. The van der Waals surface area contributed by atoms with Gasteiger partial charge in [0.05, 0.1) is 5.69 Å². The van der Waals surface area contributed by atoms with Crippen LogP contribution >= 0.6 is 0 Å². The first kappa shape index (κ1) is 13.2. The number of aromatic amines is 1. The Morgan fingerprint density at radius 2 is 2.24 bits per heavy atom. The molecule has 0 saturated heterocycles. The molecule has 2 N–H and O–H groups in total. The zero-order valence-corrected chi connectivity index (χ0v) is 10.4. The molecular formula is C11H17N3O3. The summed E-state index contributed by atoms with van der Waals surface area (Å²) < 4.78 is 5.05. The number of aldehydes is 1. The maximum Gasteiger partial charge on any atom is 0.408 e. The molecule has 0 fully saturated rings. The van der Waals surface area contributed by atoms with Gasteiger partial charge in [-0.2, -0.15) is 5.10 Å². The predicted molar refractivity (Wildman–Crippen MR) is 61.5 cm³/mol. The second-order valence-corrected chi connectivity index (χ2v) is 4.74. The topological polar surface area (TPSA) is 84.1 Å². The van der Waals surface area contributed by atoms with Crippen molar-refractivity contribution in [2.75, 3.05) is 0 Å². The van der Waals surface area contributed by atoms with Gasteiger partial charge in [-0.25, -0.2) is 4.79 Å². The van der Waals surface area contributed by atoms with Gasteiger partial charge in [-0.05, 0) is 33.8 Å². The number of aryl methyl sites for hydroxylation is 1. The molecule has 0 aliphatic rings. The minimum absolute atomic E-state index is 0.461. The molecule has 1 aromatic rings. The molecule has 1 rings (SSSR count). The first-order chi connectivity index (χ1) is 7.81. The fraction of sp³-hybridized carbons (Fsp3) is 0.545. The third-order valence-electron chi connectivity index (χ3n) is 1.85. The third kappa shape index (κ3) is 4.26. The maximum absolute atomic E-state index is 11.5. The summed E-state index contributed by atoms with van der Waals surface area (Å²) in [5.41, 5.74) is 0.681. The first-order valence-electron chi connectivity index (χ1n) is 5.28. The average Bonchev–Trinajstić information content (AvgIpc) is 2.58. The highest BCUT2D eigenvalue weighted by atomic mass is 16.6. The predicted octanol–water partition coefficient (Wildman–Crippen LogP) is 1.48. The fourth-order valence-electron chi connectivity index (χ4n) is 1.21. The molecule has 6 heteroatoms. The van der Waals surface area contributed by atoms with Gasteiger partial charge in [0.1, 0.15) is 17.9 Å². The Kier molecular flexibility index (Phi) is 3.88. The molecule has 0 saturated carbocycles. The van der Waals surface area contributed by atoms with Crippen molar-refractivity contribution >= 4 is 12.4 Å². The molecule has 0 spiro atoms. The van der Waals surface area contributed by atoms with E-state index in [0.29, 0.717) is 12.0 Å². The van der Waals surface area contributed by atoms with Crippen molar-refractivity contribution < 1.29 is 14.3 Å². The van der Waals surface area contributed by atoms with Crippen LogP contribution in [-0.2, 0) is 9.53 Å². The lowest BCUT2D eigenvalue weighted by atomic mass is 10.2. The highest BCUT2D eigenvalue weighted by Gasteiger charge is 2.21. The van der Waals surface area contributed by atoms with E-state index < -0.39 is 17.7 Å². The van der Waals surface area contributed by atoms with Crippen LogP contribution in [-0.4, -0.2) is 28.2 Å². The highest BCUT2D eigenvalue weighted by molar-refractivity contribution is 5.74. The number of ether oxygens (including phenoxy) is 1. The summed E-state index contributed by atoms with van der Waals surface area (Å²) in [6, 6.07) is 0.894. The molecule has 1 aromatic heterocycles. The lowest BCUT2D eigenvalue weighted by molar-refractivity contribution is -0.109. The van der Waals surface area contributed by atoms with E-state index in [0.717, 1.165) is 5.69 Å². The maximum atomic E-state index is 11.5. The summed E-state index contributed by atoms with van der Waals surface area (Å²) in [5.74, 6) is 0. The monoisotopic (exact) mass is 239 g/mol. The number of rotatable bonds is 3. The van der Waals surface area contributed by atoms with E-state index in [1.807, 2.05) is 6.92 Å². The Labute approximate surface area is 99.7 Å². The number of nitrogens with zero attached hydrogens (tertiary/aromatic N) is 1. The molecule has 17 heavy (non-hydrogen) atoms. The van der Waals surface area contributed by atoms with E-state index in [9.17, 15) is 9.59 Å². The molecule has 1 atom stereocenters. The Morgan fingerprint density at radius 3 is 2.65 bits per heavy atom. The molecule has 0 aromatic carbocycles. The van der Waals surface area contributed by atoms with Gasteiger partial charge in [-0.15, -0.1) is 0 Å². The first-order valence-corrected chi connectivity index (χ1v) is 5.28. The third-order valence-corrected chi connectivity index (χ3v) is 1.85. The summed E-state index contributed by atoms with van der Waals surface area (Å²) in [7, 11) is 0. The van der Waals surface area contributed by atoms with Crippen molar-refractivity contribution in [2.45, 2.75) is 39.3 Å². The Morgan fingerprint density at radius 1 is 1.59 bits per heavy atom. The van der Waals surface area contributed by atoms with Crippen molar-refractivity contribution in [1.82, 2.24) is 15.5 Å². The number of carbonyl (C=O) groups is 2. The van der Waals surface area contributed by atoms with Gasteiger partial charge >= 0.3 is 6.09 Å². The normalized spacial score (nSPS) is 12.9. The Hall–Kier alpha value is -1.85. The van der Waals surface area contributed by atoms with Crippen molar-refractivity contribution in [3.05, 3.63) is 17.5 Å². The van der Waals surface area contributed by atoms with Gasteiger partial charge < -0.3 is 14.8 Å². The quantitative estimate of drug-likeness (QED) is 0.782. The van der Waals surface area contributed by atoms with Gasteiger partial charge in [-0.3, -0.25) is 5.10 Å². The number of carbonyl (C=O) groups excluding carboxylic acids is 2. The second kappa shape index (κ2) is 4.99. The van der Waals surface area contributed by atoms with Gasteiger partial charge in [0.15, 0.2) is 0 Å². The zero-order chi connectivity index (χ0) is 13.1. The number of hydrogen-bond donors (Lipinski definition) is 2. The molecule has 0 bridgehead atoms. The molecular weight excluding hydrogens is 222 g/mol. The Balaban J connectivity index is 2.65. The summed E-state index contributed by atoms with van der Waals surface area (Å²) in [4.78, 5) is 22.4. The minimum atomic E-state index is -0.796. The largest absolute Gasteiger partial charge is 0.444 e. The summed E-state index contributed by atoms with van der Waals surface area (Å²) in [6.45, 7) is 7.06. The number of hydrogen-bond acceptors (Lipinski definition) is 4. The van der Waals surface area contributed by atoms with Crippen molar-refractivity contribution in [2.24, 2.45) is 0 Å². The molecule has 94 valence electrons. The average molecular weight is 239 g/mol. The van der Waals surface area contributed by atoms with Crippen LogP contribution in [0.3, 0.4) is 0 Å². The molecule has 0 aliphatic carbocycles. The number of alkyl carbamates (subject to hydrolysis) is 1. The summed E-state index contributed by atoms with van der Waals surface area (Å²) >= 11 is 0. The SMILES string of the molecule is Cc1cc(C(C=O)NC(=O)OC(C)(C)C)n[nH]1. The lowest BCUT2D eigenvalue weighted by Gasteiger charge is -2.20. The standard InChI is InChI=1S/C11H17N3O3/c1-7-5-8(14-13-7)9(6-15)12-10(16)17-11(2,3)4/h5-6,9H,1-4H3,(H,12,16)(H,13,14). The van der Waals surface area contributed by atoms with Crippen LogP contribution in [0.25, 0.3) is 0 Å². The highest BCUT2D eigenvalue weighted by Crippen LogP contribution is 2.11. The summed E-state index contributed by atoms with van der Waals surface area (Å²) in [6.07, 6.45) is -0.0326. The van der Waals surface area contributed by atoms with Crippen molar-refractivity contribution in [3.8, 4) is 0 Å². The van der Waals surface area contributed by atoms with Gasteiger partial charge in [-0.1, -0.05) is 0 Å². The van der Waals surface area contributed by atoms with Gasteiger partial charge in [0.2, 0.25) is 0 Å². The van der Waals surface area contributed by atoms with E-state index in [-0.39, 0.29) is 0 Å². The lowest BCUT2D eigenvalue weighted by Crippen LogP contribution is -2.35. The minimum Gasteiger partial charge on any atom is -0.444 e. The van der Waals surface area contributed by atoms with E-state index in [1.54, 1.807) is 26.8 Å². The number of aromatic nitrogens is 2. The van der Waals surface area contributed by atoms with Crippen LogP contribution in [0.4, 0.5) is 4.79 Å². The van der Waals surface area contributed by atoms with Crippen molar-refractivity contribution in [1.29, 1.82) is 0 Å². The molecule has 1 unspecified atom stereocenters. The molecule has 1 amide bonds. The summed E-state index contributed by atoms with van der Waals surface area (Å²) in [5, 5.41) is 9.05. The van der Waals surface area contributed by atoms with E-state index in [4.69, 9.17) is 4.74 Å². The number of amides is 1. The molecule has 0 radical (unpaired) electrons. The van der Waals surface area contributed by atoms with Gasteiger partial charge in [0.25, 0.3) is 0 Å². The van der Waals surface area contributed by atoms with E-state index in [1.165, 1.54) is 0 Å². The molecule has 1 heterocycles.